The SMILES string of the molecule is Cc1ccc(S(=O)(=O)NC(=O)c2ccc3nc(C)n(Cc4ccc(Br)cc4Cl)c3c2)cc1. The van der Waals surface area contributed by atoms with E-state index in [1.165, 1.54) is 12.1 Å². The summed E-state index contributed by atoms with van der Waals surface area (Å²) in [6.45, 7) is 4.19. The van der Waals surface area contributed by atoms with Gasteiger partial charge in [0, 0.05) is 15.1 Å². The molecule has 0 aliphatic heterocycles. The number of hydrogen-bond donors (Lipinski definition) is 1. The lowest BCUT2D eigenvalue weighted by Crippen LogP contribution is -2.30. The molecule has 0 fully saturated rings. The van der Waals surface area contributed by atoms with Gasteiger partial charge in [-0.25, -0.2) is 18.1 Å². The van der Waals surface area contributed by atoms with Gasteiger partial charge < -0.3 is 4.57 Å². The minimum Gasteiger partial charge on any atom is -0.324 e. The smallest absolute Gasteiger partial charge is 0.265 e. The zero-order valence-electron chi connectivity index (χ0n) is 17.3. The lowest BCUT2D eigenvalue weighted by Gasteiger charge is -2.10. The van der Waals surface area contributed by atoms with Crippen LogP contribution in [0, 0.1) is 13.8 Å². The van der Waals surface area contributed by atoms with Crippen LogP contribution in [-0.2, 0) is 16.6 Å². The number of nitrogens with zero attached hydrogens (tertiary/aromatic N) is 2. The van der Waals surface area contributed by atoms with Crippen LogP contribution in [0.25, 0.3) is 11.0 Å². The third-order valence-electron chi connectivity index (χ3n) is 5.10. The third kappa shape index (κ3) is 4.57. The zero-order valence-corrected chi connectivity index (χ0v) is 20.4. The molecule has 0 aliphatic rings. The van der Waals surface area contributed by atoms with E-state index in [0.29, 0.717) is 22.6 Å². The molecule has 1 heterocycles. The summed E-state index contributed by atoms with van der Waals surface area (Å²) >= 11 is 9.78. The molecule has 4 rings (SSSR count). The molecule has 0 unspecified atom stereocenters. The number of rotatable bonds is 5. The number of aryl methyl sites for hydroxylation is 2. The molecule has 0 bridgehead atoms. The number of carbonyl (C=O) groups is 1. The van der Waals surface area contributed by atoms with E-state index in [-0.39, 0.29) is 10.5 Å². The topological polar surface area (TPSA) is 81.1 Å². The van der Waals surface area contributed by atoms with E-state index in [9.17, 15) is 13.2 Å². The van der Waals surface area contributed by atoms with E-state index < -0.39 is 15.9 Å². The second kappa shape index (κ2) is 8.69. The van der Waals surface area contributed by atoms with Crippen molar-refractivity contribution in [1.82, 2.24) is 14.3 Å². The number of benzene rings is 3. The Bertz CT molecular complexity index is 1450. The van der Waals surface area contributed by atoms with Gasteiger partial charge >= 0.3 is 0 Å². The molecule has 0 spiro atoms. The van der Waals surface area contributed by atoms with Crippen molar-refractivity contribution >= 4 is 54.5 Å². The van der Waals surface area contributed by atoms with E-state index >= 15 is 0 Å². The van der Waals surface area contributed by atoms with Gasteiger partial charge in [-0.05, 0) is 61.9 Å². The maximum absolute atomic E-state index is 12.8. The van der Waals surface area contributed by atoms with Crippen molar-refractivity contribution in [2.75, 3.05) is 0 Å². The standard InChI is InChI=1S/C23H19BrClN3O3S/c1-14-3-8-19(9-4-14)32(30,31)27-23(29)16-6-10-21-22(11-16)28(15(2)26-21)13-17-5-7-18(24)12-20(17)25/h3-12H,13H2,1-2H3,(H,27,29). The highest BCUT2D eigenvalue weighted by atomic mass is 79.9. The number of halogens is 2. The molecule has 0 saturated carbocycles. The van der Waals surface area contributed by atoms with Crippen molar-refractivity contribution in [2.45, 2.75) is 25.3 Å². The van der Waals surface area contributed by atoms with E-state index in [4.69, 9.17) is 11.6 Å². The van der Waals surface area contributed by atoms with Crippen LogP contribution in [0.5, 0.6) is 0 Å². The highest BCUT2D eigenvalue weighted by Gasteiger charge is 2.20. The molecule has 0 radical (unpaired) electrons. The number of aromatic nitrogens is 2. The normalized spacial score (nSPS) is 11.6. The summed E-state index contributed by atoms with van der Waals surface area (Å²) in [5.41, 5.74) is 3.45. The fraction of sp³-hybridized carbons (Fsp3) is 0.130. The minimum absolute atomic E-state index is 0.0308. The van der Waals surface area contributed by atoms with Crippen molar-refractivity contribution < 1.29 is 13.2 Å². The van der Waals surface area contributed by atoms with Gasteiger partial charge in [-0.1, -0.05) is 51.3 Å². The summed E-state index contributed by atoms with van der Waals surface area (Å²) in [5, 5.41) is 0.610. The Kier molecular flexibility index (Phi) is 6.11. The Morgan fingerprint density at radius 2 is 1.78 bits per heavy atom. The van der Waals surface area contributed by atoms with E-state index in [0.717, 1.165) is 21.4 Å². The fourth-order valence-electron chi connectivity index (χ4n) is 3.36. The van der Waals surface area contributed by atoms with Crippen molar-refractivity contribution in [3.63, 3.8) is 0 Å². The molecule has 32 heavy (non-hydrogen) atoms. The third-order valence-corrected chi connectivity index (χ3v) is 7.30. The van der Waals surface area contributed by atoms with E-state index in [2.05, 4.69) is 25.6 Å². The molecule has 4 aromatic rings. The van der Waals surface area contributed by atoms with Crippen molar-refractivity contribution in [3.8, 4) is 0 Å². The Morgan fingerprint density at radius 3 is 2.47 bits per heavy atom. The lowest BCUT2D eigenvalue weighted by atomic mass is 10.2. The number of sulfonamides is 1. The molecule has 3 aromatic carbocycles. The first-order valence-corrected chi connectivity index (χ1v) is 12.3. The molecular weight excluding hydrogens is 514 g/mol. The summed E-state index contributed by atoms with van der Waals surface area (Å²) in [7, 11) is -3.98. The quantitative estimate of drug-likeness (QED) is 0.381. The van der Waals surface area contributed by atoms with Crippen LogP contribution in [0.2, 0.25) is 5.02 Å². The molecule has 6 nitrogen and oxygen atoms in total. The Balaban J connectivity index is 1.66. The first-order valence-electron chi connectivity index (χ1n) is 9.69. The van der Waals surface area contributed by atoms with Gasteiger partial charge in [-0.2, -0.15) is 0 Å². The number of amides is 1. The van der Waals surface area contributed by atoms with Crippen LogP contribution in [-0.4, -0.2) is 23.9 Å². The van der Waals surface area contributed by atoms with Crippen LogP contribution in [0.15, 0.2) is 70.0 Å². The summed E-state index contributed by atoms with van der Waals surface area (Å²) in [4.78, 5) is 17.3. The molecule has 0 aliphatic carbocycles. The van der Waals surface area contributed by atoms with E-state index in [1.54, 1.807) is 30.3 Å². The number of hydrogen-bond acceptors (Lipinski definition) is 4. The van der Waals surface area contributed by atoms with E-state index in [1.807, 2.05) is 36.6 Å². The predicted octanol–water partition coefficient (Wildman–Crippen LogP) is 5.24. The zero-order chi connectivity index (χ0) is 23.0. The van der Waals surface area contributed by atoms with Crippen molar-refractivity contribution in [2.24, 2.45) is 0 Å². The van der Waals surface area contributed by atoms with Crippen LogP contribution in [0.4, 0.5) is 0 Å². The molecule has 0 saturated heterocycles. The minimum atomic E-state index is -3.98. The maximum atomic E-state index is 12.8. The first kappa shape index (κ1) is 22.5. The monoisotopic (exact) mass is 531 g/mol. The van der Waals surface area contributed by atoms with Crippen LogP contribution in [0.3, 0.4) is 0 Å². The van der Waals surface area contributed by atoms with Gasteiger partial charge in [0.15, 0.2) is 0 Å². The molecule has 164 valence electrons. The average Bonchev–Trinajstić information content (AvgIpc) is 3.04. The highest BCUT2D eigenvalue weighted by Crippen LogP contribution is 2.25. The lowest BCUT2D eigenvalue weighted by molar-refractivity contribution is 0.0981. The van der Waals surface area contributed by atoms with Gasteiger partial charge in [-0.3, -0.25) is 4.79 Å². The summed E-state index contributed by atoms with van der Waals surface area (Å²) in [6, 6.07) is 16.8. The van der Waals surface area contributed by atoms with Crippen LogP contribution >= 0.6 is 27.5 Å². The van der Waals surface area contributed by atoms with Gasteiger partial charge in [0.1, 0.15) is 5.82 Å². The number of carbonyl (C=O) groups excluding carboxylic acids is 1. The molecule has 1 N–H and O–H groups in total. The summed E-state index contributed by atoms with van der Waals surface area (Å²) in [6.07, 6.45) is 0. The largest absolute Gasteiger partial charge is 0.324 e. The molecule has 0 atom stereocenters. The second-order valence-electron chi connectivity index (χ2n) is 7.43. The Morgan fingerprint density at radius 1 is 1.06 bits per heavy atom. The Labute approximate surface area is 199 Å². The molecule has 1 amide bonds. The van der Waals surface area contributed by atoms with Gasteiger partial charge in [0.25, 0.3) is 15.9 Å². The van der Waals surface area contributed by atoms with Crippen molar-refractivity contribution in [1.29, 1.82) is 0 Å². The first-order chi connectivity index (χ1) is 15.1. The van der Waals surface area contributed by atoms with Gasteiger partial charge in [0.2, 0.25) is 0 Å². The number of nitrogens with one attached hydrogen (secondary N) is 1. The molecule has 1 aromatic heterocycles. The van der Waals surface area contributed by atoms with Gasteiger partial charge in [-0.15, -0.1) is 0 Å². The van der Waals surface area contributed by atoms with Crippen LogP contribution in [0.1, 0.15) is 27.3 Å². The van der Waals surface area contributed by atoms with Crippen LogP contribution < -0.4 is 4.72 Å². The maximum Gasteiger partial charge on any atom is 0.265 e. The molecule has 9 heteroatoms. The number of fused-ring (bicyclic) bond motifs is 1. The average molecular weight is 533 g/mol. The highest BCUT2D eigenvalue weighted by molar-refractivity contribution is 9.10. The van der Waals surface area contributed by atoms with Gasteiger partial charge in [0.05, 0.1) is 22.5 Å². The molecular formula is C23H19BrClN3O3S. The summed E-state index contributed by atoms with van der Waals surface area (Å²) in [5.74, 6) is 0.0448. The number of imidazole rings is 1. The predicted molar refractivity (Wildman–Crippen MR) is 129 cm³/mol. The summed E-state index contributed by atoms with van der Waals surface area (Å²) < 4.78 is 30.2. The van der Waals surface area contributed by atoms with Crippen molar-refractivity contribution in [3.05, 3.63) is 92.7 Å². The Hall–Kier alpha value is -2.68. The second-order valence-corrected chi connectivity index (χ2v) is 10.4. The fourth-order valence-corrected chi connectivity index (χ4v) is 5.07.